The van der Waals surface area contributed by atoms with Gasteiger partial charge in [0, 0.05) is 22.6 Å². The first-order chi connectivity index (χ1) is 13.7. The summed E-state index contributed by atoms with van der Waals surface area (Å²) in [5, 5.41) is 8.43. The molecule has 0 unspecified atom stereocenters. The molecule has 4 aromatic rings. The summed E-state index contributed by atoms with van der Waals surface area (Å²) in [5.74, 6) is 1.34. The largest absolute Gasteiger partial charge is 0.365 e. The number of halogens is 1. The van der Waals surface area contributed by atoms with Crippen LogP contribution >= 0.6 is 11.6 Å². The van der Waals surface area contributed by atoms with Crippen molar-refractivity contribution < 1.29 is 0 Å². The lowest BCUT2D eigenvalue weighted by atomic mass is 10.1. The Labute approximate surface area is 169 Å². The van der Waals surface area contributed by atoms with E-state index in [0.29, 0.717) is 12.5 Å². The highest BCUT2D eigenvalue weighted by Crippen LogP contribution is 2.25. The summed E-state index contributed by atoms with van der Waals surface area (Å²) in [7, 11) is 0. The monoisotopic (exact) mass is 388 g/mol. The van der Waals surface area contributed by atoms with Crippen LogP contribution in [0.1, 0.15) is 18.1 Å². The summed E-state index contributed by atoms with van der Waals surface area (Å²) < 4.78 is 0. The van der Waals surface area contributed by atoms with E-state index in [1.165, 1.54) is 5.56 Å². The van der Waals surface area contributed by atoms with E-state index in [1.807, 2.05) is 60.7 Å². The van der Waals surface area contributed by atoms with Crippen molar-refractivity contribution in [3.05, 3.63) is 88.9 Å². The molecule has 1 heterocycles. The van der Waals surface area contributed by atoms with Crippen LogP contribution in [-0.2, 0) is 13.0 Å². The van der Waals surface area contributed by atoms with Crippen molar-refractivity contribution in [2.45, 2.75) is 19.9 Å². The maximum absolute atomic E-state index is 6.29. The molecule has 3 aromatic carbocycles. The molecule has 140 valence electrons. The van der Waals surface area contributed by atoms with Gasteiger partial charge >= 0.3 is 0 Å². The van der Waals surface area contributed by atoms with Gasteiger partial charge in [0.05, 0.1) is 5.52 Å². The lowest BCUT2D eigenvalue weighted by Gasteiger charge is -2.13. The average Bonchev–Trinajstić information content (AvgIpc) is 2.73. The molecule has 0 radical (unpaired) electrons. The second-order valence-corrected chi connectivity index (χ2v) is 6.94. The number of aryl methyl sites for hydroxylation is 1. The predicted octanol–water partition coefficient (Wildman–Crippen LogP) is 6.20. The zero-order valence-electron chi connectivity index (χ0n) is 15.6. The minimum absolute atomic E-state index is 0.560. The van der Waals surface area contributed by atoms with Gasteiger partial charge in [-0.15, -0.1) is 0 Å². The molecule has 0 spiro atoms. The van der Waals surface area contributed by atoms with Crippen LogP contribution in [0.2, 0.25) is 5.02 Å². The molecule has 0 amide bonds. The minimum atomic E-state index is 0.560. The molecule has 0 atom stereocenters. The highest BCUT2D eigenvalue weighted by molar-refractivity contribution is 6.31. The number of anilines is 3. The first-order valence-electron chi connectivity index (χ1n) is 9.33. The van der Waals surface area contributed by atoms with Crippen LogP contribution in [0.5, 0.6) is 0 Å². The molecule has 28 heavy (non-hydrogen) atoms. The fourth-order valence-corrected chi connectivity index (χ4v) is 3.24. The van der Waals surface area contributed by atoms with E-state index in [-0.39, 0.29) is 0 Å². The van der Waals surface area contributed by atoms with E-state index in [1.54, 1.807) is 0 Å². The Balaban J connectivity index is 1.63. The van der Waals surface area contributed by atoms with Gasteiger partial charge in [0.25, 0.3) is 0 Å². The van der Waals surface area contributed by atoms with Gasteiger partial charge in [0.1, 0.15) is 5.82 Å². The third-order valence-electron chi connectivity index (χ3n) is 4.63. The first kappa shape index (κ1) is 18.3. The topological polar surface area (TPSA) is 49.8 Å². The van der Waals surface area contributed by atoms with Crippen molar-refractivity contribution in [3.63, 3.8) is 0 Å². The zero-order valence-corrected chi connectivity index (χ0v) is 16.4. The van der Waals surface area contributed by atoms with Gasteiger partial charge < -0.3 is 10.6 Å². The van der Waals surface area contributed by atoms with Crippen LogP contribution in [0.4, 0.5) is 17.5 Å². The normalized spacial score (nSPS) is 10.8. The highest BCUT2D eigenvalue weighted by atomic mass is 35.5. The van der Waals surface area contributed by atoms with E-state index >= 15 is 0 Å². The molecule has 0 saturated heterocycles. The summed E-state index contributed by atoms with van der Waals surface area (Å²) >= 11 is 6.29. The van der Waals surface area contributed by atoms with Gasteiger partial charge in [-0.25, -0.2) is 4.98 Å². The molecular weight excluding hydrogens is 368 g/mol. The zero-order chi connectivity index (χ0) is 19.3. The van der Waals surface area contributed by atoms with E-state index in [9.17, 15) is 0 Å². The highest BCUT2D eigenvalue weighted by Gasteiger charge is 2.09. The molecule has 0 aliphatic heterocycles. The predicted molar refractivity (Wildman–Crippen MR) is 117 cm³/mol. The Morgan fingerprint density at radius 2 is 1.61 bits per heavy atom. The van der Waals surface area contributed by atoms with Crippen molar-refractivity contribution in [3.8, 4) is 0 Å². The number of nitrogens with zero attached hydrogens (tertiary/aromatic N) is 2. The summed E-state index contributed by atoms with van der Waals surface area (Å²) in [6, 6.07) is 24.1. The lowest BCUT2D eigenvalue weighted by molar-refractivity contribution is 1.10. The molecule has 1 aromatic heterocycles. The van der Waals surface area contributed by atoms with Gasteiger partial charge in [-0.1, -0.05) is 61.0 Å². The molecule has 5 heteroatoms. The number of para-hydroxylation sites is 1. The lowest BCUT2D eigenvalue weighted by Crippen LogP contribution is -2.06. The SMILES string of the molecule is CCc1ccc(Nc2nc(NCc3ccccc3Cl)c3ccccc3n2)cc1. The fraction of sp³-hybridized carbons (Fsp3) is 0.130. The van der Waals surface area contributed by atoms with E-state index in [2.05, 4.69) is 34.7 Å². The molecule has 0 saturated carbocycles. The molecule has 2 N–H and O–H groups in total. The fourth-order valence-electron chi connectivity index (χ4n) is 3.04. The molecule has 0 bridgehead atoms. The number of rotatable bonds is 6. The Morgan fingerprint density at radius 1 is 0.857 bits per heavy atom. The Bertz CT molecular complexity index is 1090. The summed E-state index contributed by atoms with van der Waals surface area (Å²) in [6.07, 6.45) is 1.02. The molecule has 4 rings (SSSR count). The number of hydrogen-bond acceptors (Lipinski definition) is 4. The van der Waals surface area contributed by atoms with Gasteiger partial charge in [-0.05, 0) is 47.9 Å². The van der Waals surface area contributed by atoms with E-state index in [0.717, 1.165) is 39.4 Å². The standard InChI is InChI=1S/C23H21ClN4/c1-2-16-11-13-18(14-12-16)26-23-27-21-10-6-4-8-19(21)22(28-23)25-15-17-7-3-5-9-20(17)24/h3-14H,2,15H2,1H3,(H2,25,26,27,28). The van der Waals surface area contributed by atoms with Crippen LogP contribution in [0, 0.1) is 0 Å². The number of hydrogen-bond donors (Lipinski definition) is 2. The molecule has 0 aliphatic carbocycles. The number of nitrogens with one attached hydrogen (secondary N) is 2. The Kier molecular flexibility index (Phi) is 5.40. The van der Waals surface area contributed by atoms with Gasteiger partial charge in [-0.3, -0.25) is 0 Å². The van der Waals surface area contributed by atoms with Crippen LogP contribution in [0.25, 0.3) is 10.9 Å². The van der Waals surface area contributed by atoms with Gasteiger partial charge in [-0.2, -0.15) is 4.98 Å². The van der Waals surface area contributed by atoms with Gasteiger partial charge in [0.2, 0.25) is 5.95 Å². The molecule has 4 nitrogen and oxygen atoms in total. The van der Waals surface area contributed by atoms with Crippen molar-refractivity contribution >= 4 is 40.0 Å². The van der Waals surface area contributed by atoms with Crippen LogP contribution < -0.4 is 10.6 Å². The first-order valence-corrected chi connectivity index (χ1v) is 9.71. The Hall–Kier alpha value is -3.11. The van der Waals surface area contributed by atoms with Crippen molar-refractivity contribution in [2.75, 3.05) is 10.6 Å². The van der Waals surface area contributed by atoms with Crippen LogP contribution in [-0.4, -0.2) is 9.97 Å². The maximum atomic E-state index is 6.29. The minimum Gasteiger partial charge on any atom is -0.365 e. The number of benzene rings is 3. The molecular formula is C23H21ClN4. The summed E-state index contributed by atoms with van der Waals surface area (Å²) in [6.45, 7) is 2.73. The van der Waals surface area contributed by atoms with Crippen molar-refractivity contribution in [1.29, 1.82) is 0 Å². The van der Waals surface area contributed by atoms with E-state index < -0.39 is 0 Å². The summed E-state index contributed by atoms with van der Waals surface area (Å²) in [4.78, 5) is 9.37. The Morgan fingerprint density at radius 3 is 2.39 bits per heavy atom. The second kappa shape index (κ2) is 8.28. The van der Waals surface area contributed by atoms with Crippen LogP contribution in [0.3, 0.4) is 0 Å². The number of aromatic nitrogens is 2. The van der Waals surface area contributed by atoms with Crippen molar-refractivity contribution in [2.24, 2.45) is 0 Å². The average molecular weight is 389 g/mol. The van der Waals surface area contributed by atoms with Crippen LogP contribution in [0.15, 0.2) is 72.8 Å². The number of fused-ring (bicyclic) bond motifs is 1. The van der Waals surface area contributed by atoms with E-state index in [4.69, 9.17) is 16.6 Å². The van der Waals surface area contributed by atoms with Gasteiger partial charge in [0.15, 0.2) is 0 Å². The maximum Gasteiger partial charge on any atom is 0.229 e. The quantitative estimate of drug-likeness (QED) is 0.412. The third-order valence-corrected chi connectivity index (χ3v) is 4.99. The molecule has 0 aliphatic rings. The second-order valence-electron chi connectivity index (χ2n) is 6.53. The summed E-state index contributed by atoms with van der Waals surface area (Å²) in [5.41, 5.74) is 4.17. The molecule has 0 fully saturated rings. The smallest absolute Gasteiger partial charge is 0.229 e. The van der Waals surface area contributed by atoms with Crippen molar-refractivity contribution in [1.82, 2.24) is 9.97 Å². The third kappa shape index (κ3) is 4.07.